The number of nitrogens with one attached hydrogen (secondary N) is 3. The summed E-state index contributed by atoms with van der Waals surface area (Å²) in [4.78, 5) is 12.3. The third-order valence-corrected chi connectivity index (χ3v) is 3.44. The number of nitrogens with zero attached hydrogens (tertiary/aromatic N) is 3. The molecule has 27 heavy (non-hydrogen) atoms. The molecule has 0 fully saturated rings. The summed E-state index contributed by atoms with van der Waals surface area (Å²) in [6, 6.07) is 16.8. The highest BCUT2D eigenvalue weighted by molar-refractivity contribution is 5.56. The lowest BCUT2D eigenvalue weighted by atomic mass is 10.3. The van der Waals surface area contributed by atoms with E-state index in [1.54, 1.807) is 0 Å². The third kappa shape index (κ3) is 5.53. The monoisotopic (exact) mass is 368 g/mol. The third-order valence-electron chi connectivity index (χ3n) is 3.44. The zero-order chi connectivity index (χ0) is 18.9. The number of hydrogen-bond acceptors (Lipinski definition) is 9. The SMILES string of the molecule is OCCCNc1nc(NO)nc(Nc2ccc(Oc3ccccc3)cc2)n1. The number of benzene rings is 2. The van der Waals surface area contributed by atoms with Crippen molar-refractivity contribution in [1.29, 1.82) is 0 Å². The van der Waals surface area contributed by atoms with Crippen LogP contribution in [0.1, 0.15) is 6.42 Å². The minimum Gasteiger partial charge on any atom is -0.457 e. The molecule has 0 atom stereocenters. The molecular formula is C18H20N6O3. The predicted molar refractivity (Wildman–Crippen MR) is 102 cm³/mol. The molecule has 3 aromatic rings. The molecule has 0 saturated heterocycles. The minimum atomic E-state index is 0.00281. The fourth-order valence-electron chi connectivity index (χ4n) is 2.20. The molecule has 9 heteroatoms. The number of aromatic nitrogens is 3. The summed E-state index contributed by atoms with van der Waals surface area (Å²) >= 11 is 0. The first kappa shape index (κ1) is 18.4. The summed E-state index contributed by atoms with van der Waals surface area (Å²) in [7, 11) is 0. The number of hydrogen-bond donors (Lipinski definition) is 5. The molecule has 0 aliphatic carbocycles. The Morgan fingerprint density at radius 3 is 2.19 bits per heavy atom. The largest absolute Gasteiger partial charge is 0.457 e. The molecule has 0 saturated carbocycles. The zero-order valence-corrected chi connectivity index (χ0v) is 14.5. The Morgan fingerprint density at radius 1 is 0.815 bits per heavy atom. The van der Waals surface area contributed by atoms with Gasteiger partial charge in [0, 0.05) is 18.8 Å². The standard InChI is InChI=1S/C18H20N6O3/c25-12-4-11-19-16-21-17(23-18(22-16)24-26)20-13-7-9-15(10-8-13)27-14-5-2-1-3-6-14/h1-3,5-10,25-26H,4,11-12H2,(H3,19,20,21,22,23,24). The molecule has 0 aliphatic heterocycles. The van der Waals surface area contributed by atoms with Crippen molar-refractivity contribution in [2.24, 2.45) is 0 Å². The van der Waals surface area contributed by atoms with Crippen LogP contribution in [0.3, 0.4) is 0 Å². The average molecular weight is 368 g/mol. The number of para-hydroxylation sites is 1. The highest BCUT2D eigenvalue weighted by Gasteiger charge is 2.07. The van der Waals surface area contributed by atoms with E-state index in [2.05, 4.69) is 25.6 Å². The Kier molecular flexibility index (Phi) is 6.34. The van der Waals surface area contributed by atoms with E-state index in [-0.39, 0.29) is 24.5 Å². The van der Waals surface area contributed by atoms with E-state index < -0.39 is 0 Å². The number of aliphatic hydroxyl groups excluding tert-OH is 1. The van der Waals surface area contributed by atoms with Crippen LogP contribution in [-0.4, -0.2) is 38.4 Å². The lowest BCUT2D eigenvalue weighted by molar-refractivity contribution is 0.292. The normalized spacial score (nSPS) is 10.3. The number of ether oxygens (including phenoxy) is 1. The van der Waals surface area contributed by atoms with Crippen molar-refractivity contribution in [3.8, 4) is 11.5 Å². The molecule has 0 unspecified atom stereocenters. The van der Waals surface area contributed by atoms with Crippen LogP contribution in [0.25, 0.3) is 0 Å². The minimum absolute atomic E-state index is 0.00281. The Hall–Kier alpha value is -3.43. The highest BCUT2D eigenvalue weighted by atomic mass is 16.5. The molecule has 0 spiro atoms. The van der Waals surface area contributed by atoms with Gasteiger partial charge in [-0.3, -0.25) is 5.21 Å². The van der Waals surface area contributed by atoms with Crippen LogP contribution in [0.2, 0.25) is 0 Å². The Bertz CT molecular complexity index is 845. The molecule has 3 rings (SSSR count). The van der Waals surface area contributed by atoms with E-state index in [0.717, 1.165) is 11.4 Å². The Morgan fingerprint density at radius 2 is 1.48 bits per heavy atom. The maximum Gasteiger partial charge on any atom is 0.253 e. The van der Waals surface area contributed by atoms with Crippen LogP contribution in [0.15, 0.2) is 54.6 Å². The van der Waals surface area contributed by atoms with E-state index in [0.29, 0.717) is 18.7 Å². The van der Waals surface area contributed by atoms with Gasteiger partial charge in [0.05, 0.1) is 0 Å². The molecule has 140 valence electrons. The van der Waals surface area contributed by atoms with Crippen molar-refractivity contribution < 1.29 is 15.1 Å². The van der Waals surface area contributed by atoms with Crippen molar-refractivity contribution in [1.82, 2.24) is 15.0 Å². The molecular weight excluding hydrogens is 348 g/mol. The maximum absolute atomic E-state index is 9.09. The Labute approximate surface area is 156 Å². The lowest BCUT2D eigenvalue weighted by Crippen LogP contribution is -2.11. The molecule has 2 aromatic carbocycles. The number of anilines is 4. The van der Waals surface area contributed by atoms with Gasteiger partial charge >= 0.3 is 0 Å². The molecule has 5 N–H and O–H groups in total. The molecule has 0 radical (unpaired) electrons. The second-order valence-corrected chi connectivity index (χ2v) is 5.49. The first-order valence-corrected chi connectivity index (χ1v) is 8.38. The van der Waals surface area contributed by atoms with E-state index in [9.17, 15) is 0 Å². The summed E-state index contributed by atoms with van der Waals surface area (Å²) in [5.41, 5.74) is 2.65. The van der Waals surface area contributed by atoms with Crippen LogP contribution >= 0.6 is 0 Å². The van der Waals surface area contributed by atoms with Crippen LogP contribution in [-0.2, 0) is 0 Å². The fourth-order valence-corrected chi connectivity index (χ4v) is 2.20. The first-order chi connectivity index (χ1) is 13.3. The van der Waals surface area contributed by atoms with Crippen LogP contribution in [0, 0.1) is 0 Å². The molecule has 0 amide bonds. The van der Waals surface area contributed by atoms with Crippen molar-refractivity contribution in [3.05, 3.63) is 54.6 Å². The summed E-state index contributed by atoms with van der Waals surface area (Å²) < 4.78 is 5.75. The van der Waals surface area contributed by atoms with Gasteiger partial charge in [-0.05, 0) is 42.8 Å². The van der Waals surface area contributed by atoms with Gasteiger partial charge in [-0.1, -0.05) is 18.2 Å². The molecule has 1 heterocycles. The second kappa shape index (κ2) is 9.32. The first-order valence-electron chi connectivity index (χ1n) is 8.38. The van der Waals surface area contributed by atoms with Crippen LogP contribution in [0.4, 0.5) is 23.5 Å². The van der Waals surface area contributed by atoms with Crippen LogP contribution < -0.4 is 20.9 Å². The number of aliphatic hydroxyl groups is 1. The topological polar surface area (TPSA) is 124 Å². The van der Waals surface area contributed by atoms with E-state index in [1.807, 2.05) is 60.1 Å². The summed E-state index contributed by atoms with van der Waals surface area (Å²) in [6.45, 7) is 0.558. The van der Waals surface area contributed by atoms with Crippen molar-refractivity contribution in [2.45, 2.75) is 6.42 Å². The van der Waals surface area contributed by atoms with Gasteiger partial charge < -0.3 is 20.5 Å². The maximum atomic E-state index is 9.09. The van der Waals surface area contributed by atoms with Crippen molar-refractivity contribution in [3.63, 3.8) is 0 Å². The predicted octanol–water partition coefficient (Wildman–Crippen LogP) is 3.00. The second-order valence-electron chi connectivity index (χ2n) is 5.49. The zero-order valence-electron chi connectivity index (χ0n) is 14.5. The van der Waals surface area contributed by atoms with E-state index in [4.69, 9.17) is 15.1 Å². The molecule has 0 bridgehead atoms. The van der Waals surface area contributed by atoms with Gasteiger partial charge in [0.2, 0.25) is 11.9 Å². The molecule has 9 nitrogen and oxygen atoms in total. The Balaban J connectivity index is 1.68. The summed E-state index contributed by atoms with van der Waals surface area (Å²) in [6.07, 6.45) is 0.555. The smallest absolute Gasteiger partial charge is 0.253 e. The van der Waals surface area contributed by atoms with Crippen molar-refractivity contribution >= 4 is 23.5 Å². The van der Waals surface area contributed by atoms with Crippen molar-refractivity contribution in [2.75, 3.05) is 29.3 Å². The van der Waals surface area contributed by atoms with Gasteiger partial charge in [0.15, 0.2) is 0 Å². The summed E-state index contributed by atoms with van der Waals surface area (Å²) in [5, 5.41) is 23.9. The van der Waals surface area contributed by atoms with Gasteiger partial charge in [-0.15, -0.1) is 0 Å². The van der Waals surface area contributed by atoms with E-state index in [1.165, 1.54) is 0 Å². The highest BCUT2D eigenvalue weighted by Crippen LogP contribution is 2.24. The fraction of sp³-hybridized carbons (Fsp3) is 0.167. The van der Waals surface area contributed by atoms with Gasteiger partial charge in [0.25, 0.3) is 5.95 Å². The van der Waals surface area contributed by atoms with Gasteiger partial charge in [-0.25, -0.2) is 5.48 Å². The van der Waals surface area contributed by atoms with Gasteiger partial charge in [-0.2, -0.15) is 15.0 Å². The lowest BCUT2D eigenvalue weighted by Gasteiger charge is -2.10. The molecule has 1 aromatic heterocycles. The van der Waals surface area contributed by atoms with Gasteiger partial charge in [0.1, 0.15) is 11.5 Å². The number of rotatable bonds is 9. The van der Waals surface area contributed by atoms with Crippen LogP contribution in [0.5, 0.6) is 11.5 Å². The summed E-state index contributed by atoms with van der Waals surface area (Å²) in [5.74, 6) is 1.99. The molecule has 0 aliphatic rings. The average Bonchev–Trinajstić information content (AvgIpc) is 2.70. The quantitative estimate of drug-likeness (QED) is 0.286. The van der Waals surface area contributed by atoms with E-state index >= 15 is 0 Å².